The SMILES string of the molecule is CCO[n+]1ccccc1C(=O)Oc1ccc(Br)cc1. The van der Waals surface area contributed by atoms with Crippen molar-refractivity contribution in [3.63, 3.8) is 0 Å². The van der Waals surface area contributed by atoms with E-state index < -0.39 is 5.97 Å². The lowest BCUT2D eigenvalue weighted by molar-refractivity contribution is -0.892. The normalized spacial score (nSPS) is 10.0. The number of pyridine rings is 1. The van der Waals surface area contributed by atoms with Gasteiger partial charge in [0.1, 0.15) is 5.75 Å². The van der Waals surface area contributed by atoms with Crippen LogP contribution < -0.4 is 14.3 Å². The first kappa shape index (κ1) is 13.5. The Kier molecular flexibility index (Phi) is 4.52. The van der Waals surface area contributed by atoms with E-state index in [9.17, 15) is 4.79 Å². The van der Waals surface area contributed by atoms with E-state index in [1.807, 2.05) is 19.1 Å². The molecule has 0 bridgehead atoms. The van der Waals surface area contributed by atoms with E-state index in [0.717, 1.165) is 4.47 Å². The Morgan fingerprint density at radius 1 is 1.21 bits per heavy atom. The average molecular weight is 323 g/mol. The van der Waals surface area contributed by atoms with E-state index in [-0.39, 0.29) is 0 Å². The van der Waals surface area contributed by atoms with Crippen LogP contribution in [0.25, 0.3) is 0 Å². The third kappa shape index (κ3) is 3.54. The molecule has 0 aliphatic carbocycles. The monoisotopic (exact) mass is 322 g/mol. The van der Waals surface area contributed by atoms with Crippen molar-refractivity contribution < 1.29 is 19.1 Å². The summed E-state index contributed by atoms with van der Waals surface area (Å²) in [7, 11) is 0. The number of hydrogen-bond donors (Lipinski definition) is 0. The van der Waals surface area contributed by atoms with Crippen molar-refractivity contribution in [3.05, 3.63) is 58.8 Å². The first-order valence-electron chi connectivity index (χ1n) is 5.82. The smallest absolute Gasteiger partial charge is 0.414 e. The van der Waals surface area contributed by atoms with Crippen molar-refractivity contribution in [1.29, 1.82) is 0 Å². The number of benzene rings is 1. The Hall–Kier alpha value is -1.88. The average Bonchev–Trinajstić information content (AvgIpc) is 2.42. The number of rotatable bonds is 4. The number of halogens is 1. The Balaban J connectivity index is 2.18. The van der Waals surface area contributed by atoms with E-state index >= 15 is 0 Å². The maximum absolute atomic E-state index is 12.1. The van der Waals surface area contributed by atoms with Crippen LogP contribution in [0.1, 0.15) is 17.4 Å². The molecule has 1 aromatic heterocycles. The highest BCUT2D eigenvalue weighted by atomic mass is 79.9. The van der Waals surface area contributed by atoms with Crippen LogP contribution in [0.2, 0.25) is 0 Å². The fraction of sp³-hybridized carbons (Fsp3) is 0.143. The lowest BCUT2D eigenvalue weighted by atomic mass is 10.3. The number of esters is 1. The Bertz CT molecular complexity index is 569. The van der Waals surface area contributed by atoms with Crippen LogP contribution in [0.15, 0.2) is 53.1 Å². The second-order valence-corrected chi connectivity index (χ2v) is 4.59. The molecule has 0 unspecified atom stereocenters. The van der Waals surface area contributed by atoms with Crippen LogP contribution in [-0.4, -0.2) is 12.6 Å². The summed E-state index contributed by atoms with van der Waals surface area (Å²) in [5.41, 5.74) is 0.340. The Labute approximate surface area is 119 Å². The van der Waals surface area contributed by atoms with Gasteiger partial charge >= 0.3 is 11.7 Å². The molecule has 2 rings (SSSR count). The molecule has 0 radical (unpaired) electrons. The molecule has 0 saturated heterocycles. The summed E-state index contributed by atoms with van der Waals surface area (Å²) in [6, 6.07) is 12.2. The second-order valence-electron chi connectivity index (χ2n) is 3.67. The zero-order valence-electron chi connectivity index (χ0n) is 10.4. The predicted octanol–water partition coefficient (Wildman–Crippen LogP) is 2.40. The molecular weight excluding hydrogens is 310 g/mol. The summed E-state index contributed by atoms with van der Waals surface area (Å²) < 4.78 is 7.61. The van der Waals surface area contributed by atoms with Crippen LogP contribution in [-0.2, 0) is 0 Å². The van der Waals surface area contributed by atoms with E-state index in [2.05, 4.69) is 15.9 Å². The van der Waals surface area contributed by atoms with Gasteiger partial charge in [0, 0.05) is 21.3 Å². The highest BCUT2D eigenvalue weighted by Crippen LogP contribution is 2.16. The van der Waals surface area contributed by atoms with Crippen LogP contribution >= 0.6 is 15.9 Å². The molecule has 19 heavy (non-hydrogen) atoms. The molecule has 0 aliphatic rings. The lowest BCUT2D eigenvalue weighted by Gasteiger charge is -2.03. The summed E-state index contributed by atoms with van der Waals surface area (Å²) in [5.74, 6) is 0.0245. The van der Waals surface area contributed by atoms with Crippen molar-refractivity contribution in [2.75, 3.05) is 6.61 Å². The van der Waals surface area contributed by atoms with Gasteiger partial charge in [-0.05, 0) is 37.3 Å². The van der Waals surface area contributed by atoms with Gasteiger partial charge in [0.25, 0.3) is 0 Å². The van der Waals surface area contributed by atoms with Gasteiger partial charge in [-0.25, -0.2) is 4.79 Å². The number of ether oxygens (including phenoxy) is 1. The molecule has 0 amide bonds. The summed E-state index contributed by atoms with van der Waals surface area (Å²) in [5, 5.41) is 0. The minimum Gasteiger partial charge on any atom is -0.418 e. The summed E-state index contributed by atoms with van der Waals surface area (Å²) in [6.45, 7) is 2.32. The van der Waals surface area contributed by atoms with Gasteiger partial charge in [-0.3, -0.25) is 4.84 Å². The summed E-state index contributed by atoms with van der Waals surface area (Å²) in [6.07, 6.45) is 1.67. The van der Waals surface area contributed by atoms with Crippen LogP contribution in [0.3, 0.4) is 0 Å². The summed E-state index contributed by atoms with van der Waals surface area (Å²) in [4.78, 5) is 17.4. The largest absolute Gasteiger partial charge is 0.418 e. The number of nitrogens with zero attached hydrogens (tertiary/aromatic N) is 1. The summed E-state index contributed by atoms with van der Waals surface area (Å²) >= 11 is 3.32. The van der Waals surface area contributed by atoms with Crippen LogP contribution in [0.5, 0.6) is 5.75 Å². The fourth-order valence-electron chi connectivity index (χ4n) is 1.50. The molecule has 2 aromatic rings. The molecule has 0 N–H and O–H groups in total. The van der Waals surface area contributed by atoms with E-state index in [1.165, 1.54) is 4.73 Å². The minimum absolute atomic E-state index is 0.340. The molecule has 1 aromatic carbocycles. The maximum Gasteiger partial charge on any atom is 0.414 e. The van der Waals surface area contributed by atoms with Crippen molar-refractivity contribution in [2.24, 2.45) is 0 Å². The van der Waals surface area contributed by atoms with Gasteiger partial charge in [0.05, 0.1) is 0 Å². The molecular formula is C14H13BrNO3+. The van der Waals surface area contributed by atoms with Gasteiger partial charge in [-0.1, -0.05) is 15.9 Å². The molecule has 4 nitrogen and oxygen atoms in total. The Morgan fingerprint density at radius 2 is 1.95 bits per heavy atom. The lowest BCUT2D eigenvalue weighted by Crippen LogP contribution is -2.48. The Morgan fingerprint density at radius 3 is 2.63 bits per heavy atom. The highest BCUT2D eigenvalue weighted by molar-refractivity contribution is 9.10. The van der Waals surface area contributed by atoms with Gasteiger partial charge in [0.15, 0.2) is 6.61 Å². The topological polar surface area (TPSA) is 39.4 Å². The van der Waals surface area contributed by atoms with Gasteiger partial charge in [0.2, 0.25) is 6.20 Å². The van der Waals surface area contributed by atoms with E-state index in [1.54, 1.807) is 36.5 Å². The van der Waals surface area contributed by atoms with Gasteiger partial charge < -0.3 is 4.74 Å². The quantitative estimate of drug-likeness (QED) is 0.493. The third-order valence-corrected chi connectivity index (χ3v) is 2.85. The maximum atomic E-state index is 12.1. The van der Waals surface area contributed by atoms with Crippen molar-refractivity contribution in [1.82, 2.24) is 0 Å². The third-order valence-electron chi connectivity index (χ3n) is 2.33. The molecule has 0 saturated carbocycles. The van der Waals surface area contributed by atoms with E-state index in [0.29, 0.717) is 18.1 Å². The minimum atomic E-state index is -0.462. The molecule has 98 valence electrons. The van der Waals surface area contributed by atoms with Crippen LogP contribution in [0.4, 0.5) is 0 Å². The zero-order chi connectivity index (χ0) is 13.7. The number of aromatic nitrogens is 1. The second kappa shape index (κ2) is 6.33. The first-order chi connectivity index (χ1) is 9.20. The molecule has 0 aliphatic heterocycles. The van der Waals surface area contributed by atoms with Crippen LogP contribution in [0, 0.1) is 0 Å². The highest BCUT2D eigenvalue weighted by Gasteiger charge is 2.22. The molecule has 1 heterocycles. The fourth-order valence-corrected chi connectivity index (χ4v) is 1.76. The van der Waals surface area contributed by atoms with E-state index in [4.69, 9.17) is 9.57 Å². The molecule has 0 fully saturated rings. The first-order valence-corrected chi connectivity index (χ1v) is 6.61. The molecule has 0 spiro atoms. The standard InChI is InChI=1S/C14H13BrNO3/c1-2-18-16-10-4-3-5-13(16)14(17)19-12-8-6-11(15)7-9-12/h3-10H,2H2,1H3/q+1. The number of carbonyl (C=O) groups is 1. The predicted molar refractivity (Wildman–Crippen MR) is 72.9 cm³/mol. The van der Waals surface area contributed by atoms with Crippen molar-refractivity contribution >= 4 is 21.9 Å². The van der Waals surface area contributed by atoms with Crippen molar-refractivity contribution in [2.45, 2.75) is 6.92 Å². The zero-order valence-corrected chi connectivity index (χ0v) is 12.0. The number of hydrogen-bond acceptors (Lipinski definition) is 3. The molecule has 0 atom stereocenters. The van der Waals surface area contributed by atoms with Crippen molar-refractivity contribution in [3.8, 4) is 5.75 Å². The van der Waals surface area contributed by atoms with Gasteiger partial charge in [-0.15, -0.1) is 0 Å². The number of carbonyl (C=O) groups excluding carboxylic acids is 1. The van der Waals surface area contributed by atoms with Gasteiger partial charge in [-0.2, -0.15) is 0 Å². The molecule has 5 heteroatoms.